The average molecular weight is 206 g/mol. The molecule has 0 saturated heterocycles. The Hall–Kier alpha value is -0.890. The van der Waals surface area contributed by atoms with E-state index in [1.54, 1.807) is 0 Å². The van der Waals surface area contributed by atoms with Crippen molar-refractivity contribution < 1.29 is 0 Å². The Labute approximate surface area is 93.1 Å². The van der Waals surface area contributed by atoms with Gasteiger partial charge in [-0.05, 0) is 31.0 Å². The van der Waals surface area contributed by atoms with Crippen LogP contribution in [0.25, 0.3) is 0 Å². The lowest BCUT2D eigenvalue weighted by molar-refractivity contribution is 0.383. The van der Waals surface area contributed by atoms with E-state index in [1.165, 1.54) is 12.0 Å². The molecule has 0 aromatic carbocycles. The smallest absolute Gasteiger partial charge is 0.0372 e. The molecule has 0 aliphatic heterocycles. The second-order valence-electron chi connectivity index (χ2n) is 4.15. The molecule has 0 aliphatic rings. The van der Waals surface area contributed by atoms with Crippen LogP contribution in [0.2, 0.25) is 0 Å². The number of aromatic nitrogens is 1. The van der Waals surface area contributed by atoms with Gasteiger partial charge in [-0.1, -0.05) is 33.3 Å². The van der Waals surface area contributed by atoms with Gasteiger partial charge in [0.1, 0.15) is 0 Å². The van der Waals surface area contributed by atoms with Crippen molar-refractivity contribution in [1.82, 2.24) is 10.3 Å². The second kappa shape index (κ2) is 5.86. The summed E-state index contributed by atoms with van der Waals surface area (Å²) in [7, 11) is 0. The molecule has 1 N–H and O–H groups in total. The van der Waals surface area contributed by atoms with Gasteiger partial charge in [0.25, 0.3) is 0 Å². The van der Waals surface area contributed by atoms with Gasteiger partial charge >= 0.3 is 0 Å². The van der Waals surface area contributed by atoms with Gasteiger partial charge in [-0.2, -0.15) is 0 Å². The highest BCUT2D eigenvalue weighted by Crippen LogP contribution is 2.23. The monoisotopic (exact) mass is 206 g/mol. The van der Waals surface area contributed by atoms with Gasteiger partial charge in [0, 0.05) is 17.9 Å². The number of pyridine rings is 1. The molecule has 1 heterocycles. The number of aryl methyl sites for hydroxylation is 1. The molecule has 0 spiro atoms. The van der Waals surface area contributed by atoms with E-state index in [-0.39, 0.29) is 0 Å². The first kappa shape index (κ1) is 12.2. The number of nitrogens with zero attached hydrogens (tertiary/aromatic N) is 1. The quantitative estimate of drug-likeness (QED) is 0.800. The van der Waals surface area contributed by atoms with Crippen molar-refractivity contribution in [2.75, 3.05) is 6.54 Å². The Kier molecular flexibility index (Phi) is 4.76. The van der Waals surface area contributed by atoms with E-state index in [1.807, 2.05) is 13.1 Å². The van der Waals surface area contributed by atoms with Gasteiger partial charge in [0.05, 0.1) is 0 Å². The van der Waals surface area contributed by atoms with Crippen LogP contribution in [0.4, 0.5) is 0 Å². The minimum absolute atomic E-state index is 0.438. The van der Waals surface area contributed by atoms with Crippen molar-refractivity contribution >= 4 is 0 Å². The summed E-state index contributed by atoms with van der Waals surface area (Å²) in [5.41, 5.74) is 2.38. The summed E-state index contributed by atoms with van der Waals surface area (Å²) in [4.78, 5) is 4.36. The van der Waals surface area contributed by atoms with Crippen molar-refractivity contribution in [2.24, 2.45) is 5.92 Å². The maximum atomic E-state index is 4.36. The molecule has 0 amide bonds. The molecule has 2 nitrogen and oxygen atoms in total. The third-order valence-corrected chi connectivity index (χ3v) is 2.93. The molecule has 84 valence electrons. The summed E-state index contributed by atoms with van der Waals surface area (Å²) in [6, 6.07) is 4.71. The summed E-state index contributed by atoms with van der Waals surface area (Å²) in [5.74, 6) is 0.648. The molecule has 0 bridgehead atoms. The van der Waals surface area contributed by atoms with Crippen molar-refractivity contribution in [3.8, 4) is 0 Å². The zero-order valence-electron chi connectivity index (χ0n) is 10.2. The van der Waals surface area contributed by atoms with Crippen LogP contribution >= 0.6 is 0 Å². The SMILES string of the molecule is CCNC(c1ccc(C)nc1)C(C)CC. The third-order valence-electron chi connectivity index (χ3n) is 2.93. The van der Waals surface area contributed by atoms with Crippen LogP contribution < -0.4 is 5.32 Å². The van der Waals surface area contributed by atoms with Crippen LogP contribution in [0, 0.1) is 12.8 Å². The number of nitrogens with one attached hydrogen (secondary N) is 1. The van der Waals surface area contributed by atoms with Crippen molar-refractivity contribution in [2.45, 2.75) is 40.2 Å². The van der Waals surface area contributed by atoms with E-state index in [2.05, 4.69) is 43.2 Å². The first-order valence-corrected chi connectivity index (χ1v) is 5.85. The van der Waals surface area contributed by atoms with Crippen LogP contribution in [0.3, 0.4) is 0 Å². The Bertz CT molecular complexity index is 279. The summed E-state index contributed by atoms with van der Waals surface area (Å²) < 4.78 is 0. The van der Waals surface area contributed by atoms with Crippen molar-refractivity contribution in [3.63, 3.8) is 0 Å². The topological polar surface area (TPSA) is 24.9 Å². The van der Waals surface area contributed by atoms with Gasteiger partial charge in [0.15, 0.2) is 0 Å². The molecule has 1 aromatic rings. The standard InChI is InChI=1S/C13H22N2/c1-5-10(3)13(14-6-2)12-8-7-11(4)15-9-12/h7-10,13-14H,5-6H2,1-4H3. The lowest BCUT2D eigenvalue weighted by Crippen LogP contribution is -2.26. The molecule has 0 radical (unpaired) electrons. The molecule has 0 saturated carbocycles. The van der Waals surface area contributed by atoms with Gasteiger partial charge in [-0.3, -0.25) is 4.98 Å². The van der Waals surface area contributed by atoms with Crippen LogP contribution in [-0.4, -0.2) is 11.5 Å². The van der Waals surface area contributed by atoms with E-state index in [0.717, 1.165) is 12.2 Å². The Morgan fingerprint density at radius 3 is 2.53 bits per heavy atom. The Balaban J connectivity index is 2.83. The zero-order chi connectivity index (χ0) is 11.3. The van der Waals surface area contributed by atoms with E-state index in [4.69, 9.17) is 0 Å². The Morgan fingerprint density at radius 1 is 1.33 bits per heavy atom. The molecule has 2 unspecified atom stereocenters. The molecule has 2 atom stereocenters. The van der Waals surface area contributed by atoms with Gasteiger partial charge in [-0.25, -0.2) is 0 Å². The summed E-state index contributed by atoms with van der Waals surface area (Å²) >= 11 is 0. The van der Waals surface area contributed by atoms with Crippen LogP contribution in [0.5, 0.6) is 0 Å². The highest BCUT2D eigenvalue weighted by Gasteiger charge is 2.16. The molecular formula is C13H22N2. The maximum absolute atomic E-state index is 4.36. The molecule has 2 heteroatoms. The molecular weight excluding hydrogens is 184 g/mol. The number of hydrogen-bond donors (Lipinski definition) is 1. The minimum Gasteiger partial charge on any atom is -0.310 e. The predicted molar refractivity (Wildman–Crippen MR) is 64.8 cm³/mol. The van der Waals surface area contributed by atoms with E-state index < -0.39 is 0 Å². The summed E-state index contributed by atoms with van der Waals surface area (Å²) in [6.07, 6.45) is 3.18. The van der Waals surface area contributed by atoms with Gasteiger partial charge < -0.3 is 5.32 Å². The molecule has 15 heavy (non-hydrogen) atoms. The molecule has 0 aliphatic carbocycles. The highest BCUT2D eigenvalue weighted by molar-refractivity contribution is 5.17. The number of rotatable bonds is 5. The minimum atomic E-state index is 0.438. The summed E-state index contributed by atoms with van der Waals surface area (Å²) in [5, 5.41) is 3.53. The molecule has 1 aromatic heterocycles. The van der Waals surface area contributed by atoms with Crippen LogP contribution in [0.15, 0.2) is 18.3 Å². The normalized spacial score (nSPS) is 14.9. The fourth-order valence-electron chi connectivity index (χ4n) is 1.77. The summed E-state index contributed by atoms with van der Waals surface area (Å²) in [6.45, 7) is 9.69. The zero-order valence-corrected chi connectivity index (χ0v) is 10.2. The maximum Gasteiger partial charge on any atom is 0.0372 e. The highest BCUT2D eigenvalue weighted by atomic mass is 14.9. The van der Waals surface area contributed by atoms with Crippen LogP contribution in [0.1, 0.15) is 44.5 Å². The first-order chi connectivity index (χ1) is 7.19. The second-order valence-corrected chi connectivity index (χ2v) is 4.15. The average Bonchev–Trinajstić information content (AvgIpc) is 2.26. The fraction of sp³-hybridized carbons (Fsp3) is 0.615. The van der Waals surface area contributed by atoms with Gasteiger partial charge in [-0.15, -0.1) is 0 Å². The van der Waals surface area contributed by atoms with Crippen LogP contribution in [-0.2, 0) is 0 Å². The van der Waals surface area contributed by atoms with E-state index in [0.29, 0.717) is 12.0 Å². The lowest BCUT2D eigenvalue weighted by Gasteiger charge is -2.24. The Morgan fingerprint density at radius 2 is 2.07 bits per heavy atom. The number of hydrogen-bond acceptors (Lipinski definition) is 2. The lowest BCUT2D eigenvalue weighted by atomic mass is 9.93. The molecule has 0 fully saturated rings. The van der Waals surface area contributed by atoms with E-state index >= 15 is 0 Å². The predicted octanol–water partition coefficient (Wildman–Crippen LogP) is 3.09. The molecule has 1 rings (SSSR count). The fourth-order valence-corrected chi connectivity index (χ4v) is 1.77. The van der Waals surface area contributed by atoms with Gasteiger partial charge in [0.2, 0.25) is 0 Å². The third kappa shape index (κ3) is 3.31. The van der Waals surface area contributed by atoms with Crippen molar-refractivity contribution in [3.05, 3.63) is 29.6 Å². The van der Waals surface area contributed by atoms with E-state index in [9.17, 15) is 0 Å². The first-order valence-electron chi connectivity index (χ1n) is 5.85. The van der Waals surface area contributed by atoms with Crippen molar-refractivity contribution in [1.29, 1.82) is 0 Å². The largest absolute Gasteiger partial charge is 0.310 e.